The molecule has 2 unspecified atom stereocenters. The quantitative estimate of drug-likeness (QED) is 0.928. The van der Waals surface area contributed by atoms with Gasteiger partial charge in [0.15, 0.2) is 5.75 Å². The number of thiophene rings is 1. The molecule has 1 saturated carbocycles. The molecule has 1 aromatic rings. The molecule has 2 fully saturated rings. The second-order valence-electron chi connectivity index (χ2n) is 6.11. The van der Waals surface area contributed by atoms with Gasteiger partial charge in [0, 0.05) is 13.1 Å². The maximum Gasteiger partial charge on any atom is 0.178 e. The molecule has 1 aliphatic carbocycles. The topological polar surface area (TPSA) is 62.3 Å². The third-order valence-corrected chi connectivity index (χ3v) is 5.50. The summed E-state index contributed by atoms with van der Waals surface area (Å²) in [6.45, 7) is 6.16. The van der Waals surface area contributed by atoms with E-state index in [1.54, 1.807) is 0 Å². The molecule has 0 spiro atoms. The van der Waals surface area contributed by atoms with Crippen LogP contribution in [-0.2, 0) is 0 Å². The van der Waals surface area contributed by atoms with E-state index in [-0.39, 0.29) is 6.10 Å². The van der Waals surface area contributed by atoms with Gasteiger partial charge in [-0.05, 0) is 38.5 Å². The zero-order valence-corrected chi connectivity index (χ0v) is 12.9. The number of ether oxygens (including phenoxy) is 1. The summed E-state index contributed by atoms with van der Waals surface area (Å²) in [4.78, 5) is 2.96. The molecule has 1 saturated heterocycles. The Bertz CT molecular complexity index is 534. The molecular formula is C15H21N3OS. The molecule has 0 amide bonds. The monoisotopic (exact) mass is 291 g/mol. The Morgan fingerprint density at radius 1 is 1.35 bits per heavy atom. The first kappa shape index (κ1) is 13.6. The predicted octanol–water partition coefficient (Wildman–Crippen LogP) is 3.23. The van der Waals surface area contributed by atoms with Gasteiger partial charge in [0.2, 0.25) is 0 Å². The summed E-state index contributed by atoms with van der Waals surface area (Å²) in [5.74, 6) is 2.35. The SMILES string of the molecule is CC(C)Oc1c(N2CC3CCCC3C2)sc(C#N)c1N. The fourth-order valence-corrected chi connectivity index (χ4v) is 4.43. The minimum atomic E-state index is 0.0688. The summed E-state index contributed by atoms with van der Waals surface area (Å²) in [5, 5.41) is 10.3. The summed E-state index contributed by atoms with van der Waals surface area (Å²) in [6, 6.07) is 2.19. The zero-order valence-electron chi connectivity index (χ0n) is 12.1. The molecule has 1 aromatic heterocycles. The molecule has 4 nitrogen and oxygen atoms in total. The third-order valence-electron chi connectivity index (χ3n) is 4.35. The summed E-state index contributed by atoms with van der Waals surface area (Å²) in [7, 11) is 0. The Kier molecular flexibility index (Phi) is 3.51. The van der Waals surface area contributed by atoms with Crippen LogP contribution in [0.25, 0.3) is 0 Å². The van der Waals surface area contributed by atoms with Gasteiger partial charge in [-0.15, -0.1) is 11.3 Å². The van der Waals surface area contributed by atoms with E-state index in [0.29, 0.717) is 10.6 Å². The second-order valence-corrected chi connectivity index (χ2v) is 7.11. The normalized spacial score (nSPS) is 25.0. The van der Waals surface area contributed by atoms with Gasteiger partial charge >= 0.3 is 0 Å². The third kappa shape index (κ3) is 2.22. The van der Waals surface area contributed by atoms with Crippen molar-refractivity contribution in [2.75, 3.05) is 23.7 Å². The number of hydrogen-bond donors (Lipinski definition) is 1. The lowest BCUT2D eigenvalue weighted by atomic mass is 10.0. The summed E-state index contributed by atoms with van der Waals surface area (Å²) in [5.41, 5.74) is 6.59. The van der Waals surface area contributed by atoms with Gasteiger partial charge in [0.1, 0.15) is 21.6 Å². The van der Waals surface area contributed by atoms with Gasteiger partial charge in [0.25, 0.3) is 0 Å². The van der Waals surface area contributed by atoms with Gasteiger partial charge in [-0.25, -0.2) is 0 Å². The highest BCUT2D eigenvalue weighted by Crippen LogP contribution is 2.49. The van der Waals surface area contributed by atoms with E-state index in [1.165, 1.54) is 30.6 Å². The van der Waals surface area contributed by atoms with Gasteiger partial charge in [0.05, 0.1) is 6.10 Å². The first-order valence-corrected chi connectivity index (χ1v) is 8.15. The van der Waals surface area contributed by atoms with Crippen LogP contribution in [0.4, 0.5) is 10.7 Å². The number of nitrogens with zero attached hydrogens (tertiary/aromatic N) is 2. The Hall–Kier alpha value is -1.41. The van der Waals surface area contributed by atoms with E-state index < -0.39 is 0 Å². The molecule has 2 aliphatic rings. The summed E-state index contributed by atoms with van der Waals surface area (Å²) < 4.78 is 5.89. The number of fused-ring (bicyclic) bond motifs is 1. The Morgan fingerprint density at radius 2 is 2.00 bits per heavy atom. The summed E-state index contributed by atoms with van der Waals surface area (Å²) >= 11 is 1.48. The van der Waals surface area contributed by atoms with Crippen LogP contribution in [0.15, 0.2) is 0 Å². The van der Waals surface area contributed by atoms with E-state index in [4.69, 9.17) is 10.5 Å². The molecule has 20 heavy (non-hydrogen) atoms. The van der Waals surface area contributed by atoms with Gasteiger partial charge in [-0.2, -0.15) is 5.26 Å². The molecule has 0 bridgehead atoms. The van der Waals surface area contributed by atoms with E-state index in [0.717, 1.165) is 35.7 Å². The van der Waals surface area contributed by atoms with Crippen LogP contribution >= 0.6 is 11.3 Å². The highest BCUT2D eigenvalue weighted by atomic mass is 32.1. The van der Waals surface area contributed by atoms with E-state index >= 15 is 0 Å². The van der Waals surface area contributed by atoms with Crippen molar-refractivity contribution in [2.45, 2.75) is 39.2 Å². The highest BCUT2D eigenvalue weighted by molar-refractivity contribution is 7.17. The molecule has 5 heteroatoms. The number of hydrogen-bond acceptors (Lipinski definition) is 5. The zero-order chi connectivity index (χ0) is 14.3. The highest BCUT2D eigenvalue weighted by Gasteiger charge is 2.38. The average molecular weight is 291 g/mol. The number of nitrogens with two attached hydrogens (primary N) is 1. The van der Waals surface area contributed by atoms with Crippen LogP contribution in [-0.4, -0.2) is 19.2 Å². The Balaban J connectivity index is 1.90. The standard InChI is InChI=1S/C15H21N3OS/c1-9(2)19-14-13(17)12(6-16)20-15(14)18-7-10-4-3-5-11(10)8-18/h9-11H,3-5,7-8,17H2,1-2H3. The molecular weight excluding hydrogens is 270 g/mol. The van der Waals surface area contributed by atoms with Crippen molar-refractivity contribution in [3.63, 3.8) is 0 Å². The first-order valence-electron chi connectivity index (χ1n) is 7.34. The van der Waals surface area contributed by atoms with Crippen LogP contribution < -0.4 is 15.4 Å². The van der Waals surface area contributed by atoms with Crippen molar-refractivity contribution in [1.29, 1.82) is 5.26 Å². The van der Waals surface area contributed by atoms with E-state index in [9.17, 15) is 5.26 Å². The van der Waals surface area contributed by atoms with E-state index in [1.807, 2.05) is 13.8 Å². The van der Waals surface area contributed by atoms with Crippen molar-refractivity contribution in [3.8, 4) is 11.8 Å². The second kappa shape index (κ2) is 5.17. The number of anilines is 2. The number of nitriles is 1. The van der Waals surface area contributed by atoms with Crippen molar-refractivity contribution >= 4 is 22.0 Å². The minimum Gasteiger partial charge on any atom is -0.486 e. The van der Waals surface area contributed by atoms with Crippen LogP contribution in [0.3, 0.4) is 0 Å². The van der Waals surface area contributed by atoms with Crippen LogP contribution in [0.2, 0.25) is 0 Å². The molecule has 0 radical (unpaired) electrons. The number of nitrogen functional groups attached to an aromatic ring is 1. The van der Waals surface area contributed by atoms with Crippen LogP contribution in [0.1, 0.15) is 38.0 Å². The molecule has 108 valence electrons. The molecule has 1 aliphatic heterocycles. The Morgan fingerprint density at radius 3 is 2.55 bits per heavy atom. The molecule has 2 atom stereocenters. The maximum atomic E-state index is 9.20. The largest absolute Gasteiger partial charge is 0.486 e. The van der Waals surface area contributed by atoms with Gasteiger partial charge in [-0.1, -0.05) is 6.42 Å². The average Bonchev–Trinajstić information content (AvgIpc) is 3.03. The molecule has 2 heterocycles. The van der Waals surface area contributed by atoms with Crippen LogP contribution in [0.5, 0.6) is 5.75 Å². The lowest BCUT2D eigenvalue weighted by molar-refractivity contribution is 0.245. The lowest BCUT2D eigenvalue weighted by Crippen LogP contribution is -2.21. The first-order chi connectivity index (χ1) is 9.60. The fourth-order valence-electron chi connectivity index (χ4n) is 3.46. The van der Waals surface area contributed by atoms with Crippen molar-refractivity contribution < 1.29 is 4.74 Å². The van der Waals surface area contributed by atoms with E-state index in [2.05, 4.69) is 11.0 Å². The molecule has 3 rings (SSSR count). The Labute approximate surface area is 124 Å². The smallest absolute Gasteiger partial charge is 0.178 e. The van der Waals surface area contributed by atoms with Crippen molar-refractivity contribution in [3.05, 3.63) is 4.88 Å². The van der Waals surface area contributed by atoms with Crippen LogP contribution in [0, 0.1) is 23.2 Å². The number of rotatable bonds is 3. The molecule has 0 aromatic carbocycles. The van der Waals surface area contributed by atoms with Gasteiger partial charge < -0.3 is 15.4 Å². The van der Waals surface area contributed by atoms with Gasteiger partial charge in [-0.3, -0.25) is 0 Å². The fraction of sp³-hybridized carbons (Fsp3) is 0.667. The van der Waals surface area contributed by atoms with Crippen molar-refractivity contribution in [1.82, 2.24) is 0 Å². The van der Waals surface area contributed by atoms with Crippen molar-refractivity contribution in [2.24, 2.45) is 11.8 Å². The molecule has 2 N–H and O–H groups in total. The minimum absolute atomic E-state index is 0.0688. The summed E-state index contributed by atoms with van der Waals surface area (Å²) in [6.07, 6.45) is 4.12. The maximum absolute atomic E-state index is 9.20. The lowest BCUT2D eigenvalue weighted by Gasteiger charge is -2.20. The predicted molar refractivity (Wildman–Crippen MR) is 82.3 cm³/mol.